The van der Waals surface area contributed by atoms with Crippen LogP contribution in [-0.2, 0) is 0 Å². The Morgan fingerprint density at radius 2 is 1.88 bits per heavy atom. The van der Waals surface area contributed by atoms with Gasteiger partial charge in [-0.3, -0.25) is 4.79 Å². The summed E-state index contributed by atoms with van der Waals surface area (Å²) < 4.78 is 5.15. The Morgan fingerprint density at radius 3 is 2.58 bits per heavy atom. The minimum atomic E-state index is -0.195. The van der Waals surface area contributed by atoms with Crippen LogP contribution in [0.1, 0.15) is 21.6 Å². The van der Waals surface area contributed by atoms with Crippen molar-refractivity contribution in [3.63, 3.8) is 0 Å². The van der Waals surface area contributed by atoms with E-state index in [0.29, 0.717) is 5.69 Å². The van der Waals surface area contributed by atoms with Crippen LogP contribution in [-0.4, -0.2) is 18.0 Å². The lowest BCUT2D eigenvalue weighted by Crippen LogP contribution is -2.13. The number of ether oxygens (including phenoxy) is 1. The molecule has 5 heteroatoms. The van der Waals surface area contributed by atoms with Crippen LogP contribution in [0.5, 0.6) is 5.75 Å². The van der Waals surface area contributed by atoms with Crippen molar-refractivity contribution >= 4 is 22.9 Å². The van der Waals surface area contributed by atoms with Gasteiger partial charge in [0.1, 0.15) is 16.5 Å². The normalized spacial score (nSPS) is 10.5. The second kappa shape index (κ2) is 6.84. The molecule has 3 rings (SSSR count). The molecule has 4 nitrogen and oxygen atoms in total. The largest absolute Gasteiger partial charge is 0.497 e. The number of nitrogens with zero attached hydrogens (tertiary/aromatic N) is 1. The minimum absolute atomic E-state index is 0.195. The van der Waals surface area contributed by atoms with Gasteiger partial charge in [0.15, 0.2) is 0 Å². The number of thiazole rings is 1. The van der Waals surface area contributed by atoms with Gasteiger partial charge in [-0.15, -0.1) is 11.3 Å². The maximum absolute atomic E-state index is 12.4. The highest BCUT2D eigenvalue weighted by Crippen LogP contribution is 2.26. The van der Waals surface area contributed by atoms with Crippen molar-refractivity contribution in [1.82, 2.24) is 4.98 Å². The Balaban J connectivity index is 1.79. The SMILES string of the molecule is COc1ccc(-c2nc(C(=O)Nc3cc(C)ccc3C)cs2)cc1. The number of hydrogen-bond donors (Lipinski definition) is 1. The van der Waals surface area contributed by atoms with E-state index < -0.39 is 0 Å². The molecule has 0 fully saturated rings. The summed E-state index contributed by atoms with van der Waals surface area (Å²) in [4.78, 5) is 16.9. The molecule has 0 bridgehead atoms. The molecule has 0 aliphatic carbocycles. The number of methoxy groups -OCH3 is 1. The van der Waals surface area contributed by atoms with Crippen LogP contribution in [0, 0.1) is 13.8 Å². The molecule has 1 heterocycles. The van der Waals surface area contributed by atoms with Gasteiger partial charge in [0.2, 0.25) is 0 Å². The Morgan fingerprint density at radius 1 is 1.12 bits per heavy atom. The second-order valence-corrected chi connectivity index (χ2v) is 6.40. The summed E-state index contributed by atoms with van der Waals surface area (Å²) in [5.74, 6) is 0.600. The molecule has 122 valence electrons. The fourth-order valence-electron chi connectivity index (χ4n) is 2.30. The van der Waals surface area contributed by atoms with Crippen LogP contribution >= 0.6 is 11.3 Å². The Labute approximate surface area is 145 Å². The monoisotopic (exact) mass is 338 g/mol. The van der Waals surface area contributed by atoms with Gasteiger partial charge in [-0.05, 0) is 55.3 Å². The van der Waals surface area contributed by atoms with Gasteiger partial charge < -0.3 is 10.1 Å². The number of hydrogen-bond acceptors (Lipinski definition) is 4. The smallest absolute Gasteiger partial charge is 0.275 e. The van der Waals surface area contributed by atoms with E-state index in [-0.39, 0.29) is 5.91 Å². The van der Waals surface area contributed by atoms with Gasteiger partial charge >= 0.3 is 0 Å². The predicted molar refractivity (Wildman–Crippen MR) is 98.0 cm³/mol. The molecule has 1 amide bonds. The van der Waals surface area contributed by atoms with Gasteiger partial charge in [-0.1, -0.05) is 12.1 Å². The summed E-state index contributed by atoms with van der Waals surface area (Å²) in [6.07, 6.45) is 0. The Hall–Kier alpha value is -2.66. The van der Waals surface area contributed by atoms with Gasteiger partial charge in [0.25, 0.3) is 5.91 Å². The van der Waals surface area contributed by atoms with E-state index >= 15 is 0 Å². The topological polar surface area (TPSA) is 51.2 Å². The van der Waals surface area contributed by atoms with Gasteiger partial charge in [-0.25, -0.2) is 4.98 Å². The average molecular weight is 338 g/mol. The van der Waals surface area contributed by atoms with Crippen LogP contribution in [0.3, 0.4) is 0 Å². The van der Waals surface area contributed by atoms with Crippen molar-refractivity contribution < 1.29 is 9.53 Å². The van der Waals surface area contributed by atoms with Gasteiger partial charge in [0.05, 0.1) is 7.11 Å². The quantitative estimate of drug-likeness (QED) is 0.751. The molecule has 0 radical (unpaired) electrons. The van der Waals surface area contributed by atoms with E-state index in [1.807, 2.05) is 56.3 Å². The molecule has 1 aromatic heterocycles. The summed E-state index contributed by atoms with van der Waals surface area (Å²) >= 11 is 1.45. The van der Waals surface area contributed by atoms with Gasteiger partial charge in [-0.2, -0.15) is 0 Å². The number of amides is 1. The maximum Gasteiger partial charge on any atom is 0.275 e. The summed E-state index contributed by atoms with van der Waals surface area (Å²) in [6.45, 7) is 3.97. The maximum atomic E-state index is 12.4. The predicted octanol–water partition coefficient (Wildman–Crippen LogP) is 4.69. The zero-order chi connectivity index (χ0) is 17.1. The van der Waals surface area contributed by atoms with E-state index in [4.69, 9.17) is 4.74 Å². The highest BCUT2D eigenvalue weighted by molar-refractivity contribution is 7.13. The zero-order valence-electron chi connectivity index (χ0n) is 13.8. The summed E-state index contributed by atoms with van der Waals surface area (Å²) in [5, 5.41) is 5.52. The number of rotatable bonds is 4. The van der Waals surface area contributed by atoms with E-state index in [9.17, 15) is 4.79 Å². The Kier molecular flexibility index (Phi) is 4.62. The average Bonchev–Trinajstić information content (AvgIpc) is 3.08. The first kappa shape index (κ1) is 16.2. The lowest BCUT2D eigenvalue weighted by atomic mass is 10.1. The number of carbonyl (C=O) groups is 1. The molecule has 0 saturated heterocycles. The molecule has 24 heavy (non-hydrogen) atoms. The molecule has 0 aliphatic heterocycles. The number of nitrogens with one attached hydrogen (secondary N) is 1. The number of aromatic nitrogens is 1. The fourth-order valence-corrected chi connectivity index (χ4v) is 3.11. The molecule has 0 saturated carbocycles. The van der Waals surface area contributed by atoms with Crippen LogP contribution in [0.2, 0.25) is 0 Å². The third-order valence-electron chi connectivity index (χ3n) is 3.72. The minimum Gasteiger partial charge on any atom is -0.497 e. The van der Waals surface area contributed by atoms with Crippen LogP contribution < -0.4 is 10.1 Å². The molecule has 1 N–H and O–H groups in total. The third kappa shape index (κ3) is 3.46. The highest BCUT2D eigenvalue weighted by Gasteiger charge is 2.13. The van der Waals surface area contributed by atoms with Crippen LogP contribution in [0.15, 0.2) is 47.8 Å². The molecule has 2 aromatic carbocycles. The van der Waals surface area contributed by atoms with Crippen molar-refractivity contribution in [2.45, 2.75) is 13.8 Å². The van der Waals surface area contributed by atoms with Crippen LogP contribution in [0.4, 0.5) is 5.69 Å². The number of aryl methyl sites for hydroxylation is 2. The number of benzene rings is 2. The first-order valence-electron chi connectivity index (χ1n) is 7.55. The molecule has 0 spiro atoms. The van der Waals surface area contributed by atoms with E-state index in [2.05, 4.69) is 10.3 Å². The molecule has 0 unspecified atom stereocenters. The number of carbonyl (C=O) groups excluding carboxylic acids is 1. The van der Waals surface area contributed by atoms with E-state index in [1.165, 1.54) is 11.3 Å². The lowest BCUT2D eigenvalue weighted by Gasteiger charge is -2.08. The van der Waals surface area contributed by atoms with Crippen molar-refractivity contribution in [2.75, 3.05) is 12.4 Å². The standard InChI is InChI=1S/C19H18N2O2S/c1-12-4-5-13(2)16(10-12)20-18(22)17-11-24-19(21-17)14-6-8-15(23-3)9-7-14/h4-11H,1-3H3,(H,20,22). The lowest BCUT2D eigenvalue weighted by molar-refractivity contribution is 0.102. The van der Waals surface area contributed by atoms with Crippen molar-refractivity contribution in [2.24, 2.45) is 0 Å². The molecule has 3 aromatic rings. The highest BCUT2D eigenvalue weighted by atomic mass is 32.1. The van der Waals surface area contributed by atoms with E-state index in [0.717, 1.165) is 33.1 Å². The number of anilines is 1. The first-order chi connectivity index (χ1) is 11.6. The summed E-state index contributed by atoms with van der Waals surface area (Å²) in [6, 6.07) is 13.6. The van der Waals surface area contributed by atoms with Gasteiger partial charge in [0, 0.05) is 16.6 Å². The summed E-state index contributed by atoms with van der Waals surface area (Å²) in [5.41, 5.74) is 4.34. The third-order valence-corrected chi connectivity index (χ3v) is 4.61. The Bertz CT molecular complexity index is 869. The van der Waals surface area contributed by atoms with Crippen molar-refractivity contribution in [3.05, 3.63) is 64.7 Å². The van der Waals surface area contributed by atoms with Crippen molar-refractivity contribution in [3.8, 4) is 16.3 Å². The fraction of sp³-hybridized carbons (Fsp3) is 0.158. The van der Waals surface area contributed by atoms with Crippen LogP contribution in [0.25, 0.3) is 10.6 Å². The molecule has 0 aliphatic rings. The first-order valence-corrected chi connectivity index (χ1v) is 8.43. The summed E-state index contributed by atoms with van der Waals surface area (Å²) in [7, 11) is 1.63. The molecular weight excluding hydrogens is 320 g/mol. The zero-order valence-corrected chi connectivity index (χ0v) is 14.6. The van der Waals surface area contributed by atoms with E-state index in [1.54, 1.807) is 12.5 Å². The molecular formula is C19H18N2O2S. The second-order valence-electron chi connectivity index (χ2n) is 5.54. The van der Waals surface area contributed by atoms with Crippen molar-refractivity contribution in [1.29, 1.82) is 0 Å². The molecule has 0 atom stereocenters.